The Morgan fingerprint density at radius 3 is 2.21 bits per heavy atom. The summed E-state index contributed by atoms with van der Waals surface area (Å²) in [5.74, 6) is 0.315. The summed E-state index contributed by atoms with van der Waals surface area (Å²) in [6.45, 7) is 8.38. The van der Waals surface area contributed by atoms with Gasteiger partial charge in [0, 0.05) is 0 Å². The lowest BCUT2D eigenvalue weighted by Crippen LogP contribution is -2.69. The van der Waals surface area contributed by atoms with Crippen molar-refractivity contribution in [2.45, 2.75) is 103 Å². The molecule has 11 atom stereocenters. The maximum absolute atomic E-state index is 12.4. The lowest BCUT2D eigenvalue weighted by atomic mass is 9.42. The lowest BCUT2D eigenvalue weighted by molar-refractivity contribution is -0.270. The normalized spacial score (nSPS) is 44.4. The summed E-state index contributed by atoms with van der Waals surface area (Å²) in [5.41, 5.74) is -1.61. The molecule has 0 spiro atoms. The van der Waals surface area contributed by atoms with E-state index in [0.29, 0.717) is 38.0 Å². The fourth-order valence-electron chi connectivity index (χ4n) is 9.35. The van der Waals surface area contributed by atoms with Crippen LogP contribution in [0.1, 0.15) is 85.5 Å². The van der Waals surface area contributed by atoms with Crippen molar-refractivity contribution in [3.05, 3.63) is 12.2 Å². The molecule has 4 fully saturated rings. The van der Waals surface area contributed by atoms with Gasteiger partial charge in [0.05, 0.1) is 24.4 Å². The largest absolute Gasteiger partial charge is 0.397 e. The van der Waals surface area contributed by atoms with Crippen LogP contribution >= 0.6 is 0 Å². The Hall–Kier alpha value is -0.600. The number of hydrogen-bond donors (Lipinski definition) is 4. The standard InChI is InChI=1S/C27H46O10S2/c1-17(16-36-38(30,31)32)6-5-7-18(2)21-8-9-22-26(21,4)13-11-23-25(3)12-10-20(37-39(33,34)35)14-19(25)15-24(28)27(22,23)29/h5,7,17-24,28-29H,6,8-16H2,1-4H3,(H,30,31,32)(H,33,34,35)/b7-5+/t17?,18-,19-,20-,21-,22-,23-,24-,25+,26-,27-/m1/s1. The molecule has 0 bridgehead atoms. The third-order valence-corrected chi connectivity index (χ3v) is 12.1. The summed E-state index contributed by atoms with van der Waals surface area (Å²) in [5, 5.41) is 23.9. The molecule has 0 heterocycles. The van der Waals surface area contributed by atoms with Crippen molar-refractivity contribution in [3.8, 4) is 0 Å². The van der Waals surface area contributed by atoms with E-state index in [9.17, 15) is 27.0 Å². The molecular weight excluding hydrogens is 548 g/mol. The monoisotopic (exact) mass is 594 g/mol. The lowest BCUT2D eigenvalue weighted by Gasteiger charge is -2.66. The van der Waals surface area contributed by atoms with Crippen LogP contribution in [0.5, 0.6) is 0 Å². The van der Waals surface area contributed by atoms with Gasteiger partial charge in [-0.1, -0.05) is 39.8 Å². The Morgan fingerprint density at radius 2 is 1.56 bits per heavy atom. The third-order valence-electron chi connectivity index (χ3n) is 11.2. The molecule has 0 aromatic rings. The molecule has 4 rings (SSSR count). The van der Waals surface area contributed by atoms with Crippen LogP contribution in [0.3, 0.4) is 0 Å². The quantitative estimate of drug-likeness (QED) is 0.227. The van der Waals surface area contributed by atoms with Crippen molar-refractivity contribution in [2.75, 3.05) is 6.61 Å². The molecular formula is C27H46O10S2. The van der Waals surface area contributed by atoms with Crippen LogP contribution in [-0.2, 0) is 29.2 Å². The molecule has 39 heavy (non-hydrogen) atoms. The number of aliphatic hydroxyl groups is 2. The average molecular weight is 595 g/mol. The SMILES string of the molecule is CC(C/C=C/[C@@H](C)[C@H]1CC[C@@H]2[C@]1(C)CC[C@@H]1[C@@]3(C)CC[C@@H](OS(=O)(=O)O)C[C@@H]3C[C@@H](O)[C@]12O)COS(=O)(=O)O. The van der Waals surface area contributed by atoms with E-state index >= 15 is 0 Å². The highest BCUT2D eigenvalue weighted by Gasteiger charge is 2.69. The minimum Gasteiger partial charge on any atom is -0.390 e. The first kappa shape index (κ1) is 31.3. The van der Waals surface area contributed by atoms with Gasteiger partial charge in [0.2, 0.25) is 0 Å². The topological polar surface area (TPSA) is 168 Å². The van der Waals surface area contributed by atoms with E-state index < -0.39 is 38.6 Å². The molecule has 0 aromatic heterocycles. The van der Waals surface area contributed by atoms with Gasteiger partial charge in [-0.2, -0.15) is 16.8 Å². The van der Waals surface area contributed by atoms with Crippen LogP contribution in [0, 0.1) is 46.3 Å². The first-order valence-electron chi connectivity index (χ1n) is 14.2. The maximum atomic E-state index is 12.4. The average Bonchev–Trinajstić information content (AvgIpc) is 3.16. The van der Waals surface area contributed by atoms with Crippen molar-refractivity contribution >= 4 is 20.8 Å². The van der Waals surface area contributed by atoms with E-state index in [2.05, 4.69) is 31.0 Å². The molecule has 4 saturated carbocycles. The molecule has 0 amide bonds. The number of fused-ring (bicyclic) bond motifs is 5. The van der Waals surface area contributed by atoms with E-state index in [-0.39, 0.29) is 47.0 Å². The zero-order valence-electron chi connectivity index (χ0n) is 23.4. The Kier molecular flexibility index (Phi) is 8.77. The van der Waals surface area contributed by atoms with E-state index in [0.717, 1.165) is 25.7 Å². The number of aliphatic hydroxyl groups excluding tert-OH is 1. The first-order chi connectivity index (χ1) is 17.9. The van der Waals surface area contributed by atoms with Crippen LogP contribution in [0.2, 0.25) is 0 Å². The Bertz CT molecular complexity index is 1140. The Morgan fingerprint density at radius 1 is 0.923 bits per heavy atom. The van der Waals surface area contributed by atoms with Crippen molar-refractivity contribution in [3.63, 3.8) is 0 Å². The minimum atomic E-state index is -4.54. The summed E-state index contributed by atoms with van der Waals surface area (Å²) < 4.78 is 71.5. The van der Waals surface area contributed by atoms with Gasteiger partial charge in [0.25, 0.3) is 0 Å². The fourth-order valence-corrected chi connectivity index (χ4v) is 10.3. The maximum Gasteiger partial charge on any atom is 0.397 e. The summed E-state index contributed by atoms with van der Waals surface area (Å²) >= 11 is 0. The van der Waals surface area contributed by atoms with E-state index in [1.165, 1.54) is 0 Å². The third kappa shape index (κ3) is 6.14. The molecule has 1 unspecified atom stereocenters. The second kappa shape index (κ2) is 10.9. The number of allylic oxidation sites excluding steroid dienone is 2. The highest BCUT2D eigenvalue weighted by atomic mass is 32.3. The Labute approximate surface area is 233 Å². The van der Waals surface area contributed by atoms with Gasteiger partial charge in [0.15, 0.2) is 0 Å². The van der Waals surface area contributed by atoms with Gasteiger partial charge in [0.1, 0.15) is 0 Å². The number of hydrogen-bond acceptors (Lipinski definition) is 8. The highest BCUT2D eigenvalue weighted by molar-refractivity contribution is 7.81. The molecule has 4 aliphatic rings. The van der Waals surface area contributed by atoms with Crippen molar-refractivity contribution < 1.29 is 44.5 Å². The second-order valence-electron chi connectivity index (χ2n) is 13.4. The predicted octanol–water partition coefficient (Wildman–Crippen LogP) is 3.96. The van der Waals surface area contributed by atoms with Crippen molar-refractivity contribution in [1.29, 1.82) is 0 Å². The van der Waals surface area contributed by atoms with Crippen LogP contribution in [-0.4, -0.2) is 60.6 Å². The summed E-state index contributed by atoms with van der Waals surface area (Å²) in [4.78, 5) is 0. The number of rotatable bonds is 9. The fraction of sp³-hybridized carbons (Fsp3) is 0.926. The molecule has 0 saturated heterocycles. The van der Waals surface area contributed by atoms with Crippen molar-refractivity contribution in [2.24, 2.45) is 46.3 Å². The molecule has 0 aliphatic heterocycles. The van der Waals surface area contributed by atoms with Crippen molar-refractivity contribution in [1.82, 2.24) is 0 Å². The van der Waals surface area contributed by atoms with Gasteiger partial charge in [-0.3, -0.25) is 9.11 Å². The second-order valence-corrected chi connectivity index (χ2v) is 15.6. The Balaban J connectivity index is 1.46. The molecule has 0 radical (unpaired) electrons. The van der Waals surface area contributed by atoms with Crippen LogP contribution in [0.4, 0.5) is 0 Å². The molecule has 12 heteroatoms. The molecule has 4 aliphatic carbocycles. The smallest absolute Gasteiger partial charge is 0.390 e. The van der Waals surface area contributed by atoms with Crippen LogP contribution in [0.25, 0.3) is 0 Å². The van der Waals surface area contributed by atoms with Crippen LogP contribution < -0.4 is 0 Å². The molecule has 10 nitrogen and oxygen atoms in total. The molecule has 0 aromatic carbocycles. The summed E-state index contributed by atoms with van der Waals surface area (Å²) in [7, 11) is -8.99. The van der Waals surface area contributed by atoms with Crippen LogP contribution in [0.15, 0.2) is 12.2 Å². The van der Waals surface area contributed by atoms with E-state index in [4.69, 9.17) is 13.3 Å². The summed E-state index contributed by atoms with van der Waals surface area (Å²) in [6, 6.07) is 0. The molecule has 4 N–H and O–H groups in total. The van der Waals surface area contributed by atoms with Gasteiger partial charge in [-0.15, -0.1) is 0 Å². The predicted molar refractivity (Wildman–Crippen MR) is 144 cm³/mol. The van der Waals surface area contributed by atoms with Gasteiger partial charge < -0.3 is 10.2 Å². The molecule has 226 valence electrons. The first-order valence-corrected chi connectivity index (χ1v) is 17.0. The summed E-state index contributed by atoms with van der Waals surface area (Å²) in [6.07, 6.45) is 8.73. The minimum absolute atomic E-state index is 0.00604. The zero-order chi connectivity index (χ0) is 29.0. The van der Waals surface area contributed by atoms with Gasteiger partial charge in [-0.25, -0.2) is 8.37 Å². The zero-order valence-corrected chi connectivity index (χ0v) is 25.0. The van der Waals surface area contributed by atoms with E-state index in [1.807, 2.05) is 13.0 Å². The highest BCUT2D eigenvalue weighted by Crippen LogP contribution is 2.69. The van der Waals surface area contributed by atoms with Gasteiger partial charge >= 0.3 is 20.8 Å². The van der Waals surface area contributed by atoms with E-state index in [1.54, 1.807) is 0 Å². The van der Waals surface area contributed by atoms with Gasteiger partial charge in [-0.05, 0) is 104 Å².